The zero-order chi connectivity index (χ0) is 32.6. The number of halogens is 4. The number of sulfonamides is 1. The Hall–Kier alpha value is -3.27. The number of hydrogen-bond acceptors (Lipinski definition) is 4. The van der Waals surface area contributed by atoms with E-state index < -0.39 is 28.5 Å². The van der Waals surface area contributed by atoms with Crippen LogP contribution >= 0.6 is 46.4 Å². The lowest BCUT2D eigenvalue weighted by atomic mass is 10.0. The zero-order valence-electron chi connectivity index (χ0n) is 24.3. The van der Waals surface area contributed by atoms with Crippen LogP contribution in [0.4, 0.5) is 5.69 Å². The summed E-state index contributed by atoms with van der Waals surface area (Å²) in [6.07, 6.45) is 0.847. The number of nitrogens with zero attached hydrogens (tertiary/aromatic N) is 2. The van der Waals surface area contributed by atoms with Gasteiger partial charge in [0.1, 0.15) is 12.6 Å². The molecule has 0 spiro atoms. The number of nitrogens with one attached hydrogen (secondary N) is 1. The Kier molecular flexibility index (Phi) is 12.2. The van der Waals surface area contributed by atoms with Gasteiger partial charge in [0.25, 0.3) is 10.0 Å². The maximum atomic E-state index is 14.5. The molecule has 4 rings (SSSR count). The van der Waals surface area contributed by atoms with E-state index in [2.05, 4.69) is 5.32 Å². The first-order valence-electron chi connectivity index (χ1n) is 14.1. The average Bonchev–Trinajstić information content (AvgIpc) is 3.02. The molecule has 45 heavy (non-hydrogen) atoms. The normalized spacial score (nSPS) is 11.9. The molecule has 0 fully saturated rings. The fourth-order valence-electron chi connectivity index (χ4n) is 4.67. The quantitative estimate of drug-likeness (QED) is 0.155. The molecule has 0 bridgehead atoms. The van der Waals surface area contributed by atoms with E-state index in [0.29, 0.717) is 33.6 Å². The van der Waals surface area contributed by atoms with E-state index in [-0.39, 0.29) is 34.5 Å². The molecule has 0 saturated carbocycles. The Balaban J connectivity index is 1.83. The lowest BCUT2D eigenvalue weighted by Gasteiger charge is -2.34. The third-order valence-electron chi connectivity index (χ3n) is 6.96. The van der Waals surface area contributed by atoms with Crippen molar-refractivity contribution in [2.24, 2.45) is 0 Å². The van der Waals surface area contributed by atoms with Gasteiger partial charge >= 0.3 is 0 Å². The minimum Gasteiger partial charge on any atom is -0.354 e. The van der Waals surface area contributed by atoms with E-state index in [0.717, 1.165) is 9.87 Å². The van der Waals surface area contributed by atoms with Gasteiger partial charge in [-0.15, -0.1) is 0 Å². The van der Waals surface area contributed by atoms with E-state index in [1.165, 1.54) is 35.2 Å². The fourth-order valence-corrected chi connectivity index (χ4v) is 7.15. The van der Waals surface area contributed by atoms with Crippen molar-refractivity contribution in [1.82, 2.24) is 10.2 Å². The maximum absolute atomic E-state index is 14.5. The van der Waals surface area contributed by atoms with Crippen LogP contribution in [0.5, 0.6) is 0 Å². The van der Waals surface area contributed by atoms with Crippen LogP contribution in [0.2, 0.25) is 20.1 Å². The lowest BCUT2D eigenvalue weighted by molar-refractivity contribution is -0.140. The standard InChI is InChI=1S/C33H31Cl4N3O4S/c1-2-17-38-33(42)31(18-23-9-5-3-6-10-23)39(21-24-13-14-25(34)19-28(24)36)32(41)22-40(30-16-15-26(35)20-29(30)37)45(43,44)27-11-7-4-8-12-27/h3-16,19-20,31H,2,17-18,21-22H2,1H3,(H,38,42)/t31-/m0/s1. The Morgan fingerprint density at radius 2 is 1.40 bits per heavy atom. The molecule has 0 aliphatic rings. The molecule has 0 unspecified atom stereocenters. The van der Waals surface area contributed by atoms with Crippen LogP contribution in [0, 0.1) is 0 Å². The van der Waals surface area contributed by atoms with Gasteiger partial charge in [-0.1, -0.05) is 108 Å². The second-order valence-electron chi connectivity index (χ2n) is 10.2. The predicted molar refractivity (Wildman–Crippen MR) is 182 cm³/mol. The van der Waals surface area contributed by atoms with E-state index in [4.69, 9.17) is 46.4 Å². The number of carbonyl (C=O) groups excluding carboxylic acids is 2. The van der Waals surface area contributed by atoms with Gasteiger partial charge in [0.05, 0.1) is 15.6 Å². The number of benzene rings is 4. The largest absolute Gasteiger partial charge is 0.354 e. The molecular formula is C33H31Cl4N3O4S. The topological polar surface area (TPSA) is 86.8 Å². The number of carbonyl (C=O) groups is 2. The summed E-state index contributed by atoms with van der Waals surface area (Å²) < 4.78 is 29.1. The fraction of sp³-hybridized carbons (Fsp3) is 0.212. The van der Waals surface area contributed by atoms with Gasteiger partial charge in [-0.3, -0.25) is 13.9 Å². The monoisotopic (exact) mass is 705 g/mol. The Morgan fingerprint density at radius 1 is 0.800 bits per heavy atom. The average molecular weight is 708 g/mol. The molecule has 4 aromatic rings. The van der Waals surface area contributed by atoms with Crippen molar-refractivity contribution in [2.75, 3.05) is 17.4 Å². The van der Waals surface area contributed by atoms with Crippen molar-refractivity contribution in [1.29, 1.82) is 0 Å². The Bertz CT molecular complexity index is 1740. The third kappa shape index (κ3) is 8.93. The predicted octanol–water partition coefficient (Wildman–Crippen LogP) is 7.66. The summed E-state index contributed by atoms with van der Waals surface area (Å²) >= 11 is 25.3. The highest BCUT2D eigenvalue weighted by molar-refractivity contribution is 7.92. The van der Waals surface area contributed by atoms with Crippen LogP contribution in [0.3, 0.4) is 0 Å². The second kappa shape index (κ2) is 15.8. The van der Waals surface area contributed by atoms with Gasteiger partial charge in [-0.05, 0) is 60.0 Å². The van der Waals surface area contributed by atoms with E-state index in [1.807, 2.05) is 37.3 Å². The van der Waals surface area contributed by atoms with Crippen molar-refractivity contribution in [3.05, 3.63) is 128 Å². The van der Waals surface area contributed by atoms with Gasteiger partial charge in [-0.25, -0.2) is 8.42 Å². The van der Waals surface area contributed by atoms with Gasteiger partial charge in [0.2, 0.25) is 11.8 Å². The van der Waals surface area contributed by atoms with Crippen LogP contribution in [-0.2, 0) is 32.6 Å². The third-order valence-corrected chi connectivity index (χ3v) is 9.86. The molecule has 0 aliphatic heterocycles. The highest BCUT2D eigenvalue weighted by Crippen LogP contribution is 2.33. The molecule has 4 aromatic carbocycles. The summed E-state index contributed by atoms with van der Waals surface area (Å²) in [5.74, 6) is -1.04. The summed E-state index contributed by atoms with van der Waals surface area (Å²) in [4.78, 5) is 29.5. The van der Waals surface area contributed by atoms with E-state index in [9.17, 15) is 18.0 Å². The van der Waals surface area contributed by atoms with Gasteiger partial charge < -0.3 is 10.2 Å². The van der Waals surface area contributed by atoms with Crippen LogP contribution in [0.1, 0.15) is 24.5 Å². The Labute approximate surface area is 283 Å². The molecule has 0 aromatic heterocycles. The molecule has 236 valence electrons. The molecule has 1 N–H and O–H groups in total. The SMILES string of the molecule is CCCNC(=O)[C@H](Cc1ccccc1)N(Cc1ccc(Cl)cc1Cl)C(=O)CN(c1ccc(Cl)cc1Cl)S(=O)(=O)c1ccccc1. The first-order valence-corrected chi connectivity index (χ1v) is 17.0. The van der Waals surface area contributed by atoms with E-state index in [1.54, 1.807) is 36.4 Å². The van der Waals surface area contributed by atoms with Crippen molar-refractivity contribution >= 4 is 73.9 Å². The number of anilines is 1. The highest BCUT2D eigenvalue weighted by atomic mass is 35.5. The minimum absolute atomic E-state index is 0.0311. The van der Waals surface area contributed by atoms with Gasteiger partial charge in [0, 0.05) is 34.6 Å². The molecule has 12 heteroatoms. The summed E-state index contributed by atoms with van der Waals surface area (Å²) in [5.41, 5.74) is 1.39. The van der Waals surface area contributed by atoms with Crippen molar-refractivity contribution in [2.45, 2.75) is 37.2 Å². The van der Waals surface area contributed by atoms with Crippen LogP contribution in [0.15, 0.2) is 102 Å². The van der Waals surface area contributed by atoms with Crippen LogP contribution in [0.25, 0.3) is 0 Å². The molecular weight excluding hydrogens is 676 g/mol. The number of rotatable bonds is 13. The summed E-state index contributed by atoms with van der Waals surface area (Å²) in [5, 5.41) is 3.92. The molecule has 0 saturated heterocycles. The number of hydrogen-bond donors (Lipinski definition) is 1. The summed E-state index contributed by atoms with van der Waals surface area (Å²) in [7, 11) is -4.31. The second-order valence-corrected chi connectivity index (χ2v) is 13.7. The smallest absolute Gasteiger partial charge is 0.264 e. The molecule has 0 heterocycles. The maximum Gasteiger partial charge on any atom is 0.264 e. The lowest BCUT2D eigenvalue weighted by Crippen LogP contribution is -2.53. The van der Waals surface area contributed by atoms with E-state index >= 15 is 0 Å². The van der Waals surface area contributed by atoms with Crippen LogP contribution in [-0.4, -0.2) is 44.3 Å². The van der Waals surface area contributed by atoms with Gasteiger partial charge in [0.15, 0.2) is 0 Å². The first-order chi connectivity index (χ1) is 21.5. The van der Waals surface area contributed by atoms with Crippen molar-refractivity contribution < 1.29 is 18.0 Å². The minimum atomic E-state index is -4.31. The molecule has 0 radical (unpaired) electrons. The molecule has 0 aliphatic carbocycles. The van der Waals surface area contributed by atoms with Gasteiger partial charge in [-0.2, -0.15) is 0 Å². The van der Waals surface area contributed by atoms with Crippen LogP contribution < -0.4 is 9.62 Å². The summed E-state index contributed by atoms with van der Waals surface area (Å²) in [6.45, 7) is 1.55. The highest BCUT2D eigenvalue weighted by Gasteiger charge is 2.35. The number of amides is 2. The molecule has 1 atom stereocenters. The molecule has 2 amide bonds. The van der Waals surface area contributed by atoms with Crippen molar-refractivity contribution in [3.8, 4) is 0 Å². The molecule has 7 nitrogen and oxygen atoms in total. The zero-order valence-corrected chi connectivity index (χ0v) is 28.1. The van der Waals surface area contributed by atoms with Crippen molar-refractivity contribution in [3.63, 3.8) is 0 Å². The first kappa shape index (κ1) is 34.6. The Morgan fingerprint density at radius 3 is 2.00 bits per heavy atom. The summed E-state index contributed by atoms with van der Waals surface area (Å²) in [6, 6.07) is 25.1.